The fourth-order valence-electron chi connectivity index (χ4n) is 2.08. The fourth-order valence-corrected chi connectivity index (χ4v) is 4.40. The number of carbonyl (C=O) groups is 1. The number of rotatable bonds is 7. The molecule has 1 aromatic carbocycles. The number of benzene rings is 1. The second-order valence-electron chi connectivity index (χ2n) is 5.68. The van der Waals surface area contributed by atoms with E-state index in [-0.39, 0.29) is 23.4 Å². The van der Waals surface area contributed by atoms with Crippen LogP contribution in [0.15, 0.2) is 46.7 Å². The lowest BCUT2D eigenvalue weighted by Gasteiger charge is -2.16. The van der Waals surface area contributed by atoms with Crippen molar-refractivity contribution >= 4 is 27.3 Å². The molecule has 0 aliphatic heterocycles. The van der Waals surface area contributed by atoms with Crippen molar-refractivity contribution in [3.8, 4) is 0 Å². The summed E-state index contributed by atoms with van der Waals surface area (Å²) >= 11 is 1.14. The fraction of sp³-hybridized carbons (Fsp3) is 0.353. The topological polar surface area (TPSA) is 66.5 Å². The molecule has 1 unspecified atom stereocenters. The monoisotopic (exact) mass is 366 g/mol. The molecule has 0 radical (unpaired) electrons. The summed E-state index contributed by atoms with van der Waals surface area (Å²) in [6.45, 7) is 4.18. The molecule has 5 nitrogen and oxygen atoms in total. The number of hydrogen-bond acceptors (Lipinski definition) is 4. The van der Waals surface area contributed by atoms with Crippen molar-refractivity contribution in [3.05, 3.63) is 52.2 Å². The normalized spacial score (nSPS) is 13.0. The largest absolute Gasteiger partial charge is 0.349 e. The Morgan fingerprint density at radius 1 is 1.29 bits per heavy atom. The summed E-state index contributed by atoms with van der Waals surface area (Å²) in [6.07, 6.45) is 0.822. The van der Waals surface area contributed by atoms with Gasteiger partial charge in [0.2, 0.25) is 10.0 Å². The van der Waals surface area contributed by atoms with E-state index in [1.165, 1.54) is 15.8 Å². The number of carbonyl (C=O) groups excluding carboxylic acids is 1. The van der Waals surface area contributed by atoms with Gasteiger partial charge in [0.05, 0.1) is 9.77 Å². The molecule has 0 fully saturated rings. The van der Waals surface area contributed by atoms with Gasteiger partial charge in [0.1, 0.15) is 0 Å². The second-order valence-corrected chi connectivity index (χ2v) is 8.63. The zero-order valence-corrected chi connectivity index (χ0v) is 15.7. The quantitative estimate of drug-likeness (QED) is 0.819. The molecule has 2 rings (SSSR count). The molecule has 1 N–H and O–H groups in total. The Morgan fingerprint density at radius 3 is 2.58 bits per heavy atom. The number of thiophene rings is 1. The molecule has 7 heteroatoms. The summed E-state index contributed by atoms with van der Waals surface area (Å²) in [5.41, 5.74) is 0.911. The second kappa shape index (κ2) is 7.92. The van der Waals surface area contributed by atoms with Gasteiger partial charge in [-0.3, -0.25) is 4.79 Å². The molecule has 0 bridgehead atoms. The van der Waals surface area contributed by atoms with Crippen LogP contribution in [0.2, 0.25) is 0 Å². The molecule has 2 aromatic rings. The highest BCUT2D eigenvalue weighted by molar-refractivity contribution is 7.89. The summed E-state index contributed by atoms with van der Waals surface area (Å²) in [6, 6.07) is 10.9. The number of sulfonamides is 1. The average Bonchev–Trinajstić information content (AvgIpc) is 3.06. The third kappa shape index (κ3) is 4.43. The highest BCUT2D eigenvalue weighted by Gasteiger charge is 2.24. The average molecular weight is 367 g/mol. The Morgan fingerprint density at radius 2 is 1.96 bits per heavy atom. The van der Waals surface area contributed by atoms with Gasteiger partial charge in [0.15, 0.2) is 0 Å². The zero-order chi connectivity index (χ0) is 17.7. The van der Waals surface area contributed by atoms with E-state index in [2.05, 4.69) is 5.32 Å². The minimum absolute atomic E-state index is 0.0559. The Labute approximate surface area is 147 Å². The molecule has 0 saturated heterocycles. The predicted molar refractivity (Wildman–Crippen MR) is 96.6 cm³/mol. The van der Waals surface area contributed by atoms with Crippen molar-refractivity contribution in [1.82, 2.24) is 9.62 Å². The predicted octanol–water partition coefficient (Wildman–Crippen LogP) is 3.10. The lowest BCUT2D eigenvalue weighted by atomic mass is 10.2. The summed E-state index contributed by atoms with van der Waals surface area (Å²) in [4.78, 5) is 12.7. The van der Waals surface area contributed by atoms with E-state index >= 15 is 0 Å². The zero-order valence-electron chi connectivity index (χ0n) is 14.0. The van der Waals surface area contributed by atoms with Crippen LogP contribution < -0.4 is 5.32 Å². The van der Waals surface area contributed by atoms with Gasteiger partial charge in [0, 0.05) is 25.0 Å². The molecule has 0 saturated carbocycles. The maximum Gasteiger partial charge on any atom is 0.261 e. The molecule has 1 heterocycles. The number of nitrogens with zero attached hydrogens (tertiary/aromatic N) is 1. The van der Waals surface area contributed by atoms with Crippen molar-refractivity contribution in [2.45, 2.75) is 37.8 Å². The first-order valence-electron chi connectivity index (χ1n) is 7.74. The van der Waals surface area contributed by atoms with E-state index in [4.69, 9.17) is 0 Å². The maximum absolute atomic E-state index is 12.7. The van der Waals surface area contributed by atoms with Crippen molar-refractivity contribution in [2.75, 3.05) is 7.05 Å². The van der Waals surface area contributed by atoms with Crippen molar-refractivity contribution in [3.63, 3.8) is 0 Å². The molecular weight excluding hydrogens is 344 g/mol. The molecule has 1 aromatic heterocycles. The first-order chi connectivity index (χ1) is 11.3. The minimum Gasteiger partial charge on any atom is -0.349 e. The molecule has 1 amide bonds. The van der Waals surface area contributed by atoms with Crippen molar-refractivity contribution in [2.24, 2.45) is 0 Å². The molecule has 1 atom stereocenters. The Bertz CT molecular complexity index is 785. The van der Waals surface area contributed by atoms with Crippen LogP contribution >= 0.6 is 11.3 Å². The molecule has 0 spiro atoms. The van der Waals surface area contributed by atoms with Gasteiger partial charge < -0.3 is 5.32 Å². The number of nitrogens with one attached hydrogen (secondary N) is 1. The number of amides is 1. The van der Waals surface area contributed by atoms with E-state index in [1.807, 2.05) is 44.2 Å². The third-order valence-electron chi connectivity index (χ3n) is 3.75. The first-order valence-corrected chi connectivity index (χ1v) is 10.1. The van der Waals surface area contributed by atoms with Crippen LogP contribution in [0.5, 0.6) is 0 Å². The van der Waals surface area contributed by atoms with Gasteiger partial charge in [-0.1, -0.05) is 37.3 Å². The summed E-state index contributed by atoms with van der Waals surface area (Å²) in [5.74, 6) is -0.235. The highest BCUT2D eigenvalue weighted by atomic mass is 32.2. The minimum atomic E-state index is -3.62. The van der Waals surface area contributed by atoms with Crippen LogP contribution in [0.3, 0.4) is 0 Å². The maximum atomic E-state index is 12.7. The van der Waals surface area contributed by atoms with E-state index in [0.29, 0.717) is 4.88 Å². The van der Waals surface area contributed by atoms with E-state index in [0.717, 1.165) is 23.3 Å². The van der Waals surface area contributed by atoms with Gasteiger partial charge in [-0.15, -0.1) is 11.3 Å². The van der Waals surface area contributed by atoms with Gasteiger partial charge in [0.25, 0.3) is 5.91 Å². The van der Waals surface area contributed by atoms with Gasteiger partial charge in [-0.2, -0.15) is 4.31 Å². The van der Waals surface area contributed by atoms with Gasteiger partial charge >= 0.3 is 0 Å². The van der Waals surface area contributed by atoms with Crippen LogP contribution in [-0.4, -0.2) is 31.7 Å². The van der Waals surface area contributed by atoms with Crippen LogP contribution in [0.25, 0.3) is 0 Å². The molecular formula is C17H22N2O3S2. The summed E-state index contributed by atoms with van der Waals surface area (Å²) in [5, 5.41) is 4.36. The summed E-state index contributed by atoms with van der Waals surface area (Å²) in [7, 11) is -2.08. The van der Waals surface area contributed by atoms with Crippen LogP contribution in [0.4, 0.5) is 0 Å². The molecule has 24 heavy (non-hydrogen) atoms. The summed E-state index contributed by atoms with van der Waals surface area (Å²) < 4.78 is 26.6. The van der Waals surface area contributed by atoms with Crippen LogP contribution in [0.1, 0.15) is 35.5 Å². The third-order valence-corrected chi connectivity index (χ3v) is 6.60. The van der Waals surface area contributed by atoms with E-state index < -0.39 is 10.0 Å². The van der Waals surface area contributed by atoms with Gasteiger partial charge in [-0.05, 0) is 25.0 Å². The first kappa shape index (κ1) is 18.6. The molecule has 0 aliphatic rings. The van der Waals surface area contributed by atoms with Crippen molar-refractivity contribution in [1.29, 1.82) is 0 Å². The Hall–Kier alpha value is -1.70. The number of hydrogen-bond donors (Lipinski definition) is 1. The molecule has 130 valence electrons. The highest BCUT2D eigenvalue weighted by Crippen LogP contribution is 2.23. The SMILES string of the molecule is CCC(C)NC(=O)c1cc(S(=O)(=O)N(C)Cc2ccccc2)cs1. The van der Waals surface area contributed by atoms with Gasteiger partial charge in [-0.25, -0.2) is 8.42 Å². The van der Waals surface area contributed by atoms with E-state index in [9.17, 15) is 13.2 Å². The van der Waals surface area contributed by atoms with E-state index in [1.54, 1.807) is 7.05 Å². The smallest absolute Gasteiger partial charge is 0.261 e. The Balaban J connectivity index is 2.14. The van der Waals surface area contributed by atoms with Crippen LogP contribution in [-0.2, 0) is 16.6 Å². The standard InChI is InChI=1S/C17H22N2O3S2/c1-4-13(2)18-17(20)16-10-15(12-23-16)24(21,22)19(3)11-14-8-6-5-7-9-14/h5-10,12-13H,4,11H2,1-3H3,(H,18,20). The lowest BCUT2D eigenvalue weighted by Crippen LogP contribution is -2.31. The lowest BCUT2D eigenvalue weighted by molar-refractivity contribution is 0.0943. The van der Waals surface area contributed by atoms with Crippen molar-refractivity contribution < 1.29 is 13.2 Å². The molecule has 0 aliphatic carbocycles. The van der Waals surface area contributed by atoms with Crippen LogP contribution in [0, 0.1) is 0 Å². The Kier molecular flexibility index (Phi) is 6.15.